The van der Waals surface area contributed by atoms with Gasteiger partial charge in [0.15, 0.2) is 0 Å². The molecule has 1 saturated heterocycles. The van der Waals surface area contributed by atoms with Gasteiger partial charge in [0.05, 0.1) is 9.88 Å². The van der Waals surface area contributed by atoms with Crippen LogP contribution in [0.5, 0.6) is 0 Å². The summed E-state index contributed by atoms with van der Waals surface area (Å²) >= 11 is 1.61. The van der Waals surface area contributed by atoms with E-state index in [0.29, 0.717) is 24.6 Å². The fourth-order valence-corrected chi connectivity index (χ4v) is 4.61. The summed E-state index contributed by atoms with van der Waals surface area (Å²) in [5, 5.41) is 1.04. The van der Waals surface area contributed by atoms with Gasteiger partial charge in [0.2, 0.25) is 5.91 Å². The summed E-state index contributed by atoms with van der Waals surface area (Å²) in [5.74, 6) is -0.0974. The van der Waals surface area contributed by atoms with Crippen molar-refractivity contribution in [1.82, 2.24) is 9.88 Å². The highest BCUT2D eigenvalue weighted by Crippen LogP contribution is 2.45. The molecular formula is C19H21N3O2S. The molecule has 2 aromatic rings. The maximum atomic E-state index is 13.2. The molecule has 0 radical (unpaired) electrons. The number of primary amides is 1. The summed E-state index contributed by atoms with van der Waals surface area (Å²) in [6.07, 6.45) is 4.75. The first-order valence-electron chi connectivity index (χ1n) is 8.81. The molecule has 2 fully saturated rings. The Bertz CT molecular complexity index is 798. The molecular weight excluding hydrogens is 334 g/mol. The Hall–Kier alpha value is -2.21. The number of rotatable bonds is 4. The Morgan fingerprint density at radius 1 is 1.12 bits per heavy atom. The van der Waals surface area contributed by atoms with Crippen molar-refractivity contribution in [2.75, 3.05) is 6.54 Å². The first kappa shape index (κ1) is 16.3. The molecule has 2 aliphatic rings. The summed E-state index contributed by atoms with van der Waals surface area (Å²) in [5.41, 5.74) is 7.02. The summed E-state index contributed by atoms with van der Waals surface area (Å²) in [7, 11) is 0. The van der Waals surface area contributed by atoms with Gasteiger partial charge in [-0.2, -0.15) is 0 Å². The van der Waals surface area contributed by atoms with Crippen LogP contribution in [0.3, 0.4) is 0 Å². The molecule has 1 atom stereocenters. The highest BCUT2D eigenvalue weighted by molar-refractivity contribution is 7.15. The molecule has 1 aromatic carbocycles. The quantitative estimate of drug-likeness (QED) is 0.915. The van der Waals surface area contributed by atoms with Crippen LogP contribution in [0.15, 0.2) is 30.3 Å². The highest BCUT2D eigenvalue weighted by atomic mass is 32.1. The van der Waals surface area contributed by atoms with Gasteiger partial charge in [-0.15, -0.1) is 11.3 Å². The number of hydrogen-bond acceptors (Lipinski definition) is 4. The average Bonchev–Trinajstić information content (AvgIpc) is 3.40. The van der Waals surface area contributed by atoms with Crippen molar-refractivity contribution in [3.05, 3.63) is 41.0 Å². The number of nitrogens with zero attached hydrogens (tertiary/aromatic N) is 2. The van der Waals surface area contributed by atoms with Crippen molar-refractivity contribution in [2.24, 2.45) is 5.73 Å². The van der Waals surface area contributed by atoms with Crippen LogP contribution in [0.25, 0.3) is 10.4 Å². The third-order valence-electron chi connectivity index (χ3n) is 4.90. The predicted octanol–water partition coefficient (Wildman–Crippen LogP) is 3.17. The van der Waals surface area contributed by atoms with E-state index in [1.807, 2.05) is 30.3 Å². The van der Waals surface area contributed by atoms with Crippen molar-refractivity contribution in [1.29, 1.82) is 0 Å². The molecule has 2 heterocycles. The second kappa shape index (κ2) is 6.59. The van der Waals surface area contributed by atoms with Crippen LogP contribution < -0.4 is 5.73 Å². The summed E-state index contributed by atoms with van der Waals surface area (Å²) in [4.78, 5) is 32.2. The third-order valence-corrected chi connectivity index (χ3v) is 6.17. The number of hydrogen-bond donors (Lipinski definition) is 1. The lowest BCUT2D eigenvalue weighted by atomic mass is 10.0. The van der Waals surface area contributed by atoms with Gasteiger partial charge in [0, 0.05) is 12.5 Å². The second-order valence-corrected chi connectivity index (χ2v) is 7.81. The lowest BCUT2D eigenvalue weighted by Gasteiger charge is -2.33. The fourth-order valence-electron chi connectivity index (χ4n) is 3.38. The number of nitrogens with two attached hydrogens (primary N) is 1. The van der Waals surface area contributed by atoms with Gasteiger partial charge < -0.3 is 10.6 Å². The zero-order chi connectivity index (χ0) is 17.4. The summed E-state index contributed by atoms with van der Waals surface area (Å²) < 4.78 is 0. The first-order chi connectivity index (χ1) is 12.1. The molecule has 0 bridgehead atoms. The van der Waals surface area contributed by atoms with Crippen LogP contribution in [-0.4, -0.2) is 34.3 Å². The Morgan fingerprint density at radius 2 is 1.88 bits per heavy atom. The molecule has 1 unspecified atom stereocenters. The molecule has 1 aliphatic heterocycles. The summed E-state index contributed by atoms with van der Waals surface area (Å²) in [6, 6.07) is 9.38. The topological polar surface area (TPSA) is 76.3 Å². The van der Waals surface area contributed by atoms with E-state index < -0.39 is 11.9 Å². The van der Waals surface area contributed by atoms with Gasteiger partial charge >= 0.3 is 0 Å². The van der Waals surface area contributed by atoms with Gasteiger partial charge in [-0.25, -0.2) is 4.98 Å². The Labute approximate surface area is 150 Å². The van der Waals surface area contributed by atoms with Crippen LogP contribution in [0.2, 0.25) is 0 Å². The first-order valence-corrected chi connectivity index (χ1v) is 9.63. The number of aromatic nitrogens is 1. The molecule has 6 heteroatoms. The smallest absolute Gasteiger partial charge is 0.274 e. The second-order valence-electron chi connectivity index (χ2n) is 6.78. The van der Waals surface area contributed by atoms with Gasteiger partial charge in [-0.1, -0.05) is 30.3 Å². The molecule has 1 aromatic heterocycles. The van der Waals surface area contributed by atoms with Crippen LogP contribution in [-0.2, 0) is 4.79 Å². The van der Waals surface area contributed by atoms with E-state index in [0.717, 1.165) is 41.1 Å². The van der Waals surface area contributed by atoms with E-state index in [-0.39, 0.29) is 5.91 Å². The molecule has 2 amide bonds. The minimum Gasteiger partial charge on any atom is -0.368 e. The normalized spacial score (nSPS) is 20.5. The van der Waals surface area contributed by atoms with Gasteiger partial charge in [-0.3, -0.25) is 9.59 Å². The molecule has 2 N–H and O–H groups in total. The van der Waals surface area contributed by atoms with Gasteiger partial charge in [-0.05, 0) is 37.7 Å². The largest absolute Gasteiger partial charge is 0.368 e. The highest BCUT2D eigenvalue weighted by Gasteiger charge is 2.36. The number of thiazole rings is 1. The number of piperidine rings is 1. The van der Waals surface area contributed by atoms with Gasteiger partial charge in [0.25, 0.3) is 5.91 Å². The maximum Gasteiger partial charge on any atom is 0.274 e. The zero-order valence-corrected chi connectivity index (χ0v) is 14.8. The number of carbonyl (C=O) groups is 2. The fraction of sp³-hybridized carbons (Fsp3) is 0.421. The van der Waals surface area contributed by atoms with E-state index in [1.54, 1.807) is 16.2 Å². The van der Waals surface area contributed by atoms with Crippen molar-refractivity contribution >= 4 is 23.2 Å². The van der Waals surface area contributed by atoms with Crippen molar-refractivity contribution < 1.29 is 9.59 Å². The lowest BCUT2D eigenvalue weighted by Crippen LogP contribution is -2.50. The molecule has 1 aliphatic carbocycles. The Kier molecular flexibility index (Phi) is 4.29. The van der Waals surface area contributed by atoms with Crippen molar-refractivity contribution in [3.63, 3.8) is 0 Å². The van der Waals surface area contributed by atoms with E-state index in [1.165, 1.54) is 0 Å². The average molecular weight is 355 g/mol. The molecule has 5 nitrogen and oxygen atoms in total. The van der Waals surface area contributed by atoms with Crippen LogP contribution in [0, 0.1) is 0 Å². The Morgan fingerprint density at radius 3 is 2.56 bits per heavy atom. The predicted molar refractivity (Wildman–Crippen MR) is 97.4 cm³/mol. The third kappa shape index (κ3) is 3.18. The maximum absolute atomic E-state index is 13.2. The SMILES string of the molecule is NC(=O)C1CCCCN1C(=O)c1nc(C2CC2)sc1-c1ccccc1. The minimum absolute atomic E-state index is 0.162. The van der Waals surface area contributed by atoms with Gasteiger partial charge in [0.1, 0.15) is 11.7 Å². The van der Waals surface area contributed by atoms with E-state index >= 15 is 0 Å². The Balaban J connectivity index is 1.73. The monoisotopic (exact) mass is 355 g/mol. The lowest BCUT2D eigenvalue weighted by molar-refractivity contribution is -0.123. The number of amides is 2. The summed E-state index contributed by atoms with van der Waals surface area (Å²) in [6.45, 7) is 0.566. The molecule has 0 spiro atoms. The standard InChI is InChI=1S/C19H21N3O2S/c20-17(23)14-8-4-5-11-22(14)19(24)15-16(12-6-2-1-3-7-12)25-18(21-15)13-9-10-13/h1-3,6-7,13-14H,4-5,8-11H2,(H2,20,23). The minimum atomic E-state index is -0.518. The number of carbonyl (C=O) groups excluding carboxylic acids is 2. The van der Waals surface area contributed by atoms with E-state index in [9.17, 15) is 9.59 Å². The van der Waals surface area contributed by atoms with Crippen LogP contribution >= 0.6 is 11.3 Å². The van der Waals surface area contributed by atoms with E-state index in [2.05, 4.69) is 0 Å². The van der Waals surface area contributed by atoms with Crippen molar-refractivity contribution in [3.8, 4) is 10.4 Å². The van der Waals surface area contributed by atoms with Crippen LogP contribution in [0.1, 0.15) is 53.5 Å². The van der Waals surface area contributed by atoms with Crippen molar-refractivity contribution in [2.45, 2.75) is 44.1 Å². The van der Waals surface area contributed by atoms with E-state index in [4.69, 9.17) is 10.7 Å². The molecule has 1 saturated carbocycles. The molecule has 130 valence electrons. The number of likely N-dealkylation sites (tertiary alicyclic amines) is 1. The van der Waals surface area contributed by atoms with Crippen LogP contribution in [0.4, 0.5) is 0 Å². The zero-order valence-electron chi connectivity index (χ0n) is 14.0. The number of benzene rings is 1. The molecule has 25 heavy (non-hydrogen) atoms. The molecule has 4 rings (SSSR count).